The highest BCUT2D eigenvalue weighted by Crippen LogP contribution is 2.32. The zero-order valence-corrected chi connectivity index (χ0v) is 25.5. The van der Waals surface area contributed by atoms with Crippen LogP contribution in [0.25, 0.3) is 17.0 Å². The summed E-state index contributed by atoms with van der Waals surface area (Å²) >= 11 is 0. The predicted molar refractivity (Wildman–Crippen MR) is 163 cm³/mol. The largest absolute Gasteiger partial charge is 0.480 e. The Bertz CT molecular complexity index is 1450. The molecule has 1 aromatic carbocycles. The van der Waals surface area contributed by atoms with E-state index in [2.05, 4.69) is 16.1 Å². The number of amides is 3. The monoisotopic (exact) mass is 623 g/mol. The first kappa shape index (κ1) is 32.5. The molecule has 3 aliphatic rings. The summed E-state index contributed by atoms with van der Waals surface area (Å²) in [6.45, 7) is 4.51. The van der Waals surface area contributed by atoms with E-state index in [0.29, 0.717) is 43.8 Å². The molecule has 3 amide bonds. The maximum absolute atomic E-state index is 13.2. The number of carboxylic acid groups (broad SMARTS) is 1. The van der Waals surface area contributed by atoms with Gasteiger partial charge in [-0.25, -0.2) is 5.43 Å². The second kappa shape index (κ2) is 14.0. The van der Waals surface area contributed by atoms with Gasteiger partial charge in [0.25, 0.3) is 5.91 Å². The number of aromatic nitrogens is 1. The number of rotatable bonds is 10. The van der Waals surface area contributed by atoms with E-state index < -0.39 is 41.5 Å². The molecule has 5 N–H and O–H groups in total. The molecule has 5 rings (SSSR count). The number of hydrazine groups is 1. The molecule has 13 heteroatoms. The number of pyridine rings is 1. The Hall–Kier alpha value is -3.91. The van der Waals surface area contributed by atoms with Crippen molar-refractivity contribution in [1.29, 1.82) is 0 Å². The van der Waals surface area contributed by atoms with E-state index in [1.807, 2.05) is 37.3 Å². The lowest BCUT2D eigenvalue weighted by molar-refractivity contribution is -0.150. The van der Waals surface area contributed by atoms with Crippen LogP contribution in [0.2, 0.25) is 0 Å². The van der Waals surface area contributed by atoms with Crippen molar-refractivity contribution in [2.75, 3.05) is 33.0 Å². The molecule has 2 aliphatic heterocycles. The summed E-state index contributed by atoms with van der Waals surface area (Å²) in [4.78, 5) is 55.2. The third kappa shape index (κ3) is 7.85. The van der Waals surface area contributed by atoms with Crippen molar-refractivity contribution < 1.29 is 38.9 Å². The molecular formula is C32H41N5O8. The van der Waals surface area contributed by atoms with Crippen molar-refractivity contribution in [1.82, 2.24) is 26.1 Å². The van der Waals surface area contributed by atoms with Crippen molar-refractivity contribution in [3.8, 4) is 0 Å². The molecule has 0 spiro atoms. The number of benzene rings is 1. The standard InChI is InChI=1S/C32H41N5O8/c1-19(33-28(39)25-4-3-13-37(36-25)30(41)20(2)34-29(40)27(38)23-7-8-23)24-10-9-22-6-5-21(16-26(22)35-24)11-12-32(31(42)43)17-44-14-15-45-18-32/h5-6,9-12,16,19-20,23,25,27,36,38H,3-4,7-8,13-15,17-18H2,1-2H3,(H,33,39)(H,34,40)(H,42,43)/t19-,20+,25+,27+/m1/s1. The van der Waals surface area contributed by atoms with Gasteiger partial charge in [0.05, 0.1) is 43.7 Å². The van der Waals surface area contributed by atoms with Gasteiger partial charge in [0.1, 0.15) is 23.6 Å². The number of carbonyl (C=O) groups excluding carboxylic acids is 3. The van der Waals surface area contributed by atoms with Crippen LogP contribution in [0.4, 0.5) is 0 Å². The highest BCUT2D eigenvalue weighted by atomic mass is 16.5. The lowest BCUT2D eigenvalue weighted by Gasteiger charge is -2.35. The van der Waals surface area contributed by atoms with Gasteiger partial charge in [0.15, 0.2) is 0 Å². The summed E-state index contributed by atoms with van der Waals surface area (Å²) in [5, 5.41) is 27.7. The molecule has 2 aromatic rings. The Morgan fingerprint density at radius 3 is 2.47 bits per heavy atom. The van der Waals surface area contributed by atoms with Crippen LogP contribution in [-0.2, 0) is 28.7 Å². The molecular weight excluding hydrogens is 582 g/mol. The fraction of sp³-hybridized carbons (Fsp3) is 0.531. The summed E-state index contributed by atoms with van der Waals surface area (Å²) < 4.78 is 10.9. The third-order valence-electron chi connectivity index (χ3n) is 8.49. The summed E-state index contributed by atoms with van der Waals surface area (Å²) in [6, 6.07) is 7.44. The van der Waals surface area contributed by atoms with Gasteiger partial charge in [-0.2, -0.15) is 0 Å². The smallest absolute Gasteiger partial charge is 0.318 e. The van der Waals surface area contributed by atoms with E-state index in [1.54, 1.807) is 19.1 Å². The van der Waals surface area contributed by atoms with Gasteiger partial charge >= 0.3 is 5.97 Å². The highest BCUT2D eigenvalue weighted by molar-refractivity contribution is 5.90. The fourth-order valence-electron chi connectivity index (χ4n) is 5.45. The number of ether oxygens (including phenoxy) is 2. The summed E-state index contributed by atoms with van der Waals surface area (Å²) in [5.41, 5.74) is 3.79. The summed E-state index contributed by atoms with van der Waals surface area (Å²) in [5.74, 6) is -2.29. The Kier molecular flexibility index (Phi) is 10.1. The first-order valence-corrected chi connectivity index (χ1v) is 15.4. The molecule has 3 heterocycles. The molecule has 0 radical (unpaired) electrons. The van der Waals surface area contributed by atoms with Crippen molar-refractivity contribution in [2.24, 2.45) is 11.3 Å². The van der Waals surface area contributed by atoms with Crippen LogP contribution in [0.5, 0.6) is 0 Å². The zero-order chi connectivity index (χ0) is 32.1. The van der Waals surface area contributed by atoms with Crippen LogP contribution in [0.1, 0.15) is 56.8 Å². The number of nitrogens with zero attached hydrogens (tertiary/aromatic N) is 2. The van der Waals surface area contributed by atoms with E-state index in [1.165, 1.54) is 5.01 Å². The number of hydrogen-bond acceptors (Lipinski definition) is 9. The molecule has 2 saturated heterocycles. The number of hydrogen-bond donors (Lipinski definition) is 5. The van der Waals surface area contributed by atoms with E-state index in [0.717, 1.165) is 23.8 Å². The van der Waals surface area contributed by atoms with E-state index in [-0.39, 0.29) is 30.9 Å². The molecule has 0 bridgehead atoms. The average molecular weight is 624 g/mol. The van der Waals surface area contributed by atoms with Crippen LogP contribution in [0.3, 0.4) is 0 Å². The zero-order valence-electron chi connectivity index (χ0n) is 25.5. The number of carbonyl (C=O) groups is 4. The van der Waals surface area contributed by atoms with E-state index in [9.17, 15) is 29.4 Å². The fourth-order valence-corrected chi connectivity index (χ4v) is 5.45. The maximum Gasteiger partial charge on any atom is 0.318 e. The second-order valence-corrected chi connectivity index (χ2v) is 12.1. The van der Waals surface area contributed by atoms with E-state index in [4.69, 9.17) is 14.5 Å². The minimum absolute atomic E-state index is 0.0217. The molecule has 4 atom stereocenters. The normalized spacial score (nSPS) is 22.3. The Balaban J connectivity index is 1.20. The maximum atomic E-state index is 13.2. The van der Waals surface area contributed by atoms with Crippen molar-refractivity contribution in [3.05, 3.63) is 47.7 Å². The Morgan fingerprint density at radius 1 is 1.07 bits per heavy atom. The summed E-state index contributed by atoms with van der Waals surface area (Å²) in [7, 11) is 0. The van der Waals surface area contributed by atoms with Gasteiger partial charge < -0.3 is 30.3 Å². The van der Waals surface area contributed by atoms with Crippen LogP contribution in [-0.4, -0.2) is 95.1 Å². The van der Waals surface area contributed by atoms with Gasteiger partial charge in [-0.15, -0.1) is 0 Å². The van der Waals surface area contributed by atoms with Gasteiger partial charge in [-0.1, -0.05) is 30.4 Å². The number of aliphatic carboxylic acids is 1. The van der Waals surface area contributed by atoms with Crippen LogP contribution in [0.15, 0.2) is 36.4 Å². The second-order valence-electron chi connectivity index (χ2n) is 12.1. The molecule has 1 saturated carbocycles. The average Bonchev–Trinajstić information content (AvgIpc) is 3.91. The van der Waals surface area contributed by atoms with Crippen LogP contribution < -0.4 is 16.1 Å². The van der Waals surface area contributed by atoms with Gasteiger partial charge in [-0.3, -0.25) is 29.2 Å². The molecule has 0 unspecified atom stereocenters. The number of aliphatic hydroxyl groups excluding tert-OH is 1. The first-order chi connectivity index (χ1) is 21.6. The molecule has 1 aliphatic carbocycles. The number of carboxylic acids is 1. The lowest BCUT2D eigenvalue weighted by Crippen LogP contribution is -2.61. The molecule has 1 aromatic heterocycles. The summed E-state index contributed by atoms with van der Waals surface area (Å²) in [6.07, 6.45) is 4.95. The lowest BCUT2D eigenvalue weighted by atomic mass is 9.89. The molecule has 242 valence electrons. The predicted octanol–water partition coefficient (Wildman–Crippen LogP) is 1.31. The van der Waals surface area contributed by atoms with Crippen molar-refractivity contribution >= 4 is 40.7 Å². The molecule has 13 nitrogen and oxygen atoms in total. The Labute approximate surface area is 261 Å². The number of nitrogens with one attached hydrogen (secondary N) is 3. The first-order valence-electron chi connectivity index (χ1n) is 15.4. The molecule has 45 heavy (non-hydrogen) atoms. The van der Waals surface area contributed by atoms with Crippen LogP contribution in [0, 0.1) is 11.3 Å². The highest BCUT2D eigenvalue weighted by Gasteiger charge is 2.39. The SMILES string of the molecule is C[C@H](NC(=O)[C@@H](O)C1CC1)C(=O)N1CCC[C@@H](C(=O)N[C@H](C)c2ccc3ccc(C=CC4(C(=O)O)COCCOC4)cc3n2)N1. The molecule has 3 fully saturated rings. The Morgan fingerprint density at radius 2 is 1.78 bits per heavy atom. The van der Waals surface area contributed by atoms with E-state index >= 15 is 0 Å². The number of aliphatic hydroxyl groups is 1. The van der Waals surface area contributed by atoms with Gasteiger partial charge in [0, 0.05) is 11.9 Å². The topological polar surface area (TPSA) is 179 Å². The minimum atomic E-state index is -1.28. The van der Waals surface area contributed by atoms with Gasteiger partial charge in [-0.05, 0) is 63.1 Å². The third-order valence-corrected chi connectivity index (χ3v) is 8.49. The van der Waals surface area contributed by atoms with Gasteiger partial charge in [0.2, 0.25) is 11.8 Å². The van der Waals surface area contributed by atoms with Crippen LogP contribution >= 0.6 is 0 Å². The minimum Gasteiger partial charge on any atom is -0.480 e. The number of fused-ring (bicyclic) bond motifs is 1. The van der Waals surface area contributed by atoms with Crippen molar-refractivity contribution in [2.45, 2.75) is 63.8 Å². The quantitative estimate of drug-likeness (QED) is 0.259. The van der Waals surface area contributed by atoms with Crippen molar-refractivity contribution in [3.63, 3.8) is 0 Å².